The summed E-state index contributed by atoms with van der Waals surface area (Å²) in [6, 6.07) is 5.16. The number of amides is 1. The number of benzene rings is 1. The monoisotopic (exact) mass is 261 g/mol. The molecule has 1 amide bonds. The van der Waals surface area contributed by atoms with Crippen LogP contribution in [0, 0.1) is 0 Å². The second kappa shape index (κ2) is 5.51. The molecule has 0 bridgehead atoms. The molecule has 0 aliphatic carbocycles. The molecule has 6 heteroatoms. The van der Waals surface area contributed by atoms with Crippen molar-refractivity contribution in [2.24, 2.45) is 0 Å². The topological polar surface area (TPSA) is 98.2 Å². The third kappa shape index (κ3) is 2.73. The summed E-state index contributed by atoms with van der Waals surface area (Å²) in [6.07, 6.45) is 1.45. The molecule has 0 radical (unpaired) electrons. The number of aldehydes is 1. The van der Waals surface area contributed by atoms with Crippen molar-refractivity contribution in [3.63, 3.8) is 0 Å². The molecule has 1 atom stereocenters. The summed E-state index contributed by atoms with van der Waals surface area (Å²) in [4.78, 5) is 22.4. The van der Waals surface area contributed by atoms with Gasteiger partial charge in [-0.15, -0.1) is 0 Å². The first kappa shape index (κ1) is 13.1. The molecule has 0 saturated heterocycles. The van der Waals surface area contributed by atoms with Gasteiger partial charge in [0.1, 0.15) is 12.0 Å². The Labute approximate surface area is 109 Å². The lowest BCUT2D eigenvalue weighted by atomic mass is 9.98. The normalized spacial score (nSPS) is 12.3. The van der Waals surface area contributed by atoms with E-state index >= 15 is 0 Å². The molecule has 2 rings (SSSR count). The molecule has 1 aromatic carbocycles. The summed E-state index contributed by atoms with van der Waals surface area (Å²) in [5.74, 6) is -0.564. The Bertz CT molecular complexity index is 606. The third-order valence-electron chi connectivity index (χ3n) is 3.00. The van der Waals surface area contributed by atoms with Gasteiger partial charge in [-0.3, -0.25) is 4.79 Å². The lowest BCUT2D eigenvalue weighted by molar-refractivity contribution is -0.120. The number of carbonyl (C=O) groups is 2. The van der Waals surface area contributed by atoms with Crippen molar-refractivity contribution in [1.29, 1.82) is 0 Å². The molecule has 0 fully saturated rings. The van der Waals surface area contributed by atoms with Gasteiger partial charge in [0.15, 0.2) is 5.58 Å². The highest BCUT2D eigenvalue weighted by atomic mass is 16.5. The van der Waals surface area contributed by atoms with Crippen molar-refractivity contribution in [1.82, 2.24) is 10.5 Å². The molecule has 6 nitrogen and oxygen atoms in total. The minimum absolute atomic E-state index is 0.108. The third-order valence-corrected chi connectivity index (χ3v) is 3.00. The second-order valence-electron chi connectivity index (χ2n) is 4.28. The molecule has 100 valence electrons. The molecule has 0 saturated carbocycles. The fourth-order valence-corrected chi connectivity index (χ4v) is 1.92. The minimum Gasteiger partial charge on any atom is -0.399 e. The molecule has 1 heterocycles. The van der Waals surface area contributed by atoms with Gasteiger partial charge in [-0.05, 0) is 18.6 Å². The van der Waals surface area contributed by atoms with Gasteiger partial charge in [-0.1, -0.05) is 5.16 Å². The van der Waals surface area contributed by atoms with E-state index in [1.807, 2.05) is 0 Å². The van der Waals surface area contributed by atoms with E-state index in [4.69, 9.17) is 10.3 Å². The van der Waals surface area contributed by atoms with Gasteiger partial charge in [0.25, 0.3) is 0 Å². The molecular weight excluding hydrogens is 246 g/mol. The van der Waals surface area contributed by atoms with E-state index in [2.05, 4.69) is 10.5 Å². The largest absolute Gasteiger partial charge is 0.399 e. The predicted molar refractivity (Wildman–Crippen MR) is 70.5 cm³/mol. The zero-order valence-corrected chi connectivity index (χ0v) is 10.6. The summed E-state index contributed by atoms with van der Waals surface area (Å²) in [7, 11) is 1.56. The lowest BCUT2D eigenvalue weighted by Gasteiger charge is -2.06. The zero-order chi connectivity index (χ0) is 13.8. The second-order valence-corrected chi connectivity index (χ2v) is 4.28. The number of aromatic nitrogens is 1. The average Bonchev–Trinajstić information content (AvgIpc) is 2.82. The Hall–Kier alpha value is -2.37. The first-order valence-corrected chi connectivity index (χ1v) is 5.96. The van der Waals surface area contributed by atoms with E-state index in [0.717, 1.165) is 11.7 Å². The van der Waals surface area contributed by atoms with Gasteiger partial charge >= 0.3 is 0 Å². The number of nitrogens with one attached hydrogen (secondary N) is 1. The zero-order valence-electron chi connectivity index (χ0n) is 10.6. The quantitative estimate of drug-likeness (QED) is 0.623. The Balaban J connectivity index is 2.25. The number of nitrogens with two attached hydrogens (primary N) is 1. The maximum absolute atomic E-state index is 11.2. The summed E-state index contributed by atoms with van der Waals surface area (Å²) in [5, 5.41) is 7.19. The van der Waals surface area contributed by atoms with E-state index in [1.165, 1.54) is 0 Å². The highest BCUT2D eigenvalue weighted by molar-refractivity contribution is 5.85. The molecule has 0 aliphatic rings. The maximum Gasteiger partial charge on any atom is 0.219 e. The standard InChI is InChI=1S/C13H15N3O3/c1-15-12(18)5-2-8(7-17)13-10-4-3-9(14)6-11(10)19-16-13/h3-4,6-8H,2,5,14H2,1H3,(H,15,18). The molecule has 1 unspecified atom stereocenters. The number of hydrogen-bond acceptors (Lipinski definition) is 5. The van der Waals surface area contributed by atoms with Crippen LogP contribution in [-0.4, -0.2) is 24.4 Å². The maximum atomic E-state index is 11.2. The number of nitrogens with zero attached hydrogens (tertiary/aromatic N) is 1. The van der Waals surface area contributed by atoms with Crippen LogP contribution in [0.4, 0.5) is 5.69 Å². The average molecular weight is 261 g/mol. The molecular formula is C13H15N3O3. The van der Waals surface area contributed by atoms with Crippen LogP contribution in [0.3, 0.4) is 0 Å². The smallest absolute Gasteiger partial charge is 0.219 e. The molecule has 1 aromatic heterocycles. The van der Waals surface area contributed by atoms with Gasteiger partial charge in [0.2, 0.25) is 5.91 Å². The van der Waals surface area contributed by atoms with E-state index in [0.29, 0.717) is 23.4 Å². The van der Waals surface area contributed by atoms with Crippen LogP contribution in [0.2, 0.25) is 0 Å². The number of carbonyl (C=O) groups excluding carboxylic acids is 2. The van der Waals surface area contributed by atoms with Crippen molar-refractivity contribution < 1.29 is 14.1 Å². The minimum atomic E-state index is -0.456. The van der Waals surface area contributed by atoms with E-state index in [1.54, 1.807) is 25.2 Å². The van der Waals surface area contributed by atoms with Crippen molar-refractivity contribution >= 4 is 28.8 Å². The predicted octanol–water partition coefficient (Wildman–Crippen LogP) is 1.22. The SMILES string of the molecule is CNC(=O)CCC(C=O)c1noc2cc(N)ccc12. The van der Waals surface area contributed by atoms with Crippen molar-refractivity contribution in [2.45, 2.75) is 18.8 Å². The van der Waals surface area contributed by atoms with Crippen LogP contribution < -0.4 is 11.1 Å². The van der Waals surface area contributed by atoms with Crippen LogP contribution in [0.25, 0.3) is 11.0 Å². The molecule has 2 aromatic rings. The van der Waals surface area contributed by atoms with Crippen molar-refractivity contribution in [3.05, 3.63) is 23.9 Å². The molecule has 3 N–H and O–H groups in total. The lowest BCUT2D eigenvalue weighted by Crippen LogP contribution is -2.18. The Kier molecular flexibility index (Phi) is 3.79. The number of rotatable bonds is 5. The van der Waals surface area contributed by atoms with Crippen LogP contribution in [0.1, 0.15) is 24.5 Å². The number of anilines is 1. The first-order chi connectivity index (χ1) is 9.15. The Morgan fingerprint density at radius 2 is 2.37 bits per heavy atom. The van der Waals surface area contributed by atoms with Gasteiger partial charge in [0, 0.05) is 30.6 Å². The van der Waals surface area contributed by atoms with E-state index in [9.17, 15) is 9.59 Å². The van der Waals surface area contributed by atoms with Crippen LogP contribution in [0.5, 0.6) is 0 Å². The fourth-order valence-electron chi connectivity index (χ4n) is 1.92. The van der Waals surface area contributed by atoms with Crippen LogP contribution in [-0.2, 0) is 9.59 Å². The van der Waals surface area contributed by atoms with Crippen LogP contribution in [0.15, 0.2) is 22.7 Å². The van der Waals surface area contributed by atoms with Gasteiger partial charge in [-0.25, -0.2) is 0 Å². The fraction of sp³-hybridized carbons (Fsp3) is 0.308. The molecule has 0 aliphatic heterocycles. The highest BCUT2D eigenvalue weighted by Gasteiger charge is 2.19. The first-order valence-electron chi connectivity index (χ1n) is 5.96. The highest BCUT2D eigenvalue weighted by Crippen LogP contribution is 2.28. The van der Waals surface area contributed by atoms with Gasteiger partial charge in [-0.2, -0.15) is 0 Å². The van der Waals surface area contributed by atoms with Crippen molar-refractivity contribution in [3.8, 4) is 0 Å². The summed E-state index contributed by atoms with van der Waals surface area (Å²) >= 11 is 0. The van der Waals surface area contributed by atoms with Crippen LogP contribution >= 0.6 is 0 Å². The number of hydrogen-bond donors (Lipinski definition) is 2. The molecule has 0 spiro atoms. The summed E-state index contributed by atoms with van der Waals surface area (Å²) in [5.41, 5.74) is 7.31. The van der Waals surface area contributed by atoms with Gasteiger partial charge < -0.3 is 20.4 Å². The Morgan fingerprint density at radius 3 is 3.05 bits per heavy atom. The Morgan fingerprint density at radius 1 is 1.58 bits per heavy atom. The number of nitrogen functional groups attached to an aromatic ring is 1. The van der Waals surface area contributed by atoms with E-state index < -0.39 is 5.92 Å². The van der Waals surface area contributed by atoms with Gasteiger partial charge in [0.05, 0.1) is 5.92 Å². The van der Waals surface area contributed by atoms with E-state index in [-0.39, 0.29) is 12.3 Å². The number of fused-ring (bicyclic) bond motifs is 1. The van der Waals surface area contributed by atoms with Crippen molar-refractivity contribution in [2.75, 3.05) is 12.8 Å². The summed E-state index contributed by atoms with van der Waals surface area (Å²) < 4.78 is 5.16. The summed E-state index contributed by atoms with van der Waals surface area (Å²) in [6.45, 7) is 0. The molecule has 19 heavy (non-hydrogen) atoms.